The van der Waals surface area contributed by atoms with Gasteiger partial charge in [-0.1, -0.05) is 29.8 Å². The second-order valence-corrected chi connectivity index (χ2v) is 5.58. The molecule has 1 atom stereocenters. The van der Waals surface area contributed by atoms with Gasteiger partial charge in [-0.25, -0.2) is 0 Å². The van der Waals surface area contributed by atoms with Crippen molar-refractivity contribution in [2.45, 2.75) is 19.9 Å². The predicted molar refractivity (Wildman–Crippen MR) is 87.6 cm³/mol. The Balaban J connectivity index is 2.29. The maximum absolute atomic E-state index is 12.7. The van der Waals surface area contributed by atoms with Gasteiger partial charge in [0.2, 0.25) is 0 Å². The lowest BCUT2D eigenvalue weighted by molar-refractivity contribution is 0.0742. The van der Waals surface area contributed by atoms with Crippen molar-refractivity contribution >= 4 is 23.2 Å². The van der Waals surface area contributed by atoms with Gasteiger partial charge in [-0.2, -0.15) is 0 Å². The van der Waals surface area contributed by atoms with Crippen molar-refractivity contribution < 1.29 is 4.79 Å². The number of nitrogens with two attached hydrogens (primary N) is 1. The molecule has 0 spiro atoms. The van der Waals surface area contributed by atoms with E-state index in [-0.39, 0.29) is 11.9 Å². The molecule has 110 valence electrons. The number of anilines is 1. The van der Waals surface area contributed by atoms with Gasteiger partial charge in [0.05, 0.1) is 6.04 Å². The van der Waals surface area contributed by atoms with Crippen molar-refractivity contribution in [3.63, 3.8) is 0 Å². The molecule has 1 unspecified atom stereocenters. The van der Waals surface area contributed by atoms with Gasteiger partial charge >= 0.3 is 0 Å². The average molecular weight is 303 g/mol. The molecule has 0 aliphatic carbocycles. The molecule has 0 aliphatic heterocycles. The van der Waals surface area contributed by atoms with Gasteiger partial charge < -0.3 is 10.6 Å². The average Bonchev–Trinajstić information content (AvgIpc) is 2.48. The van der Waals surface area contributed by atoms with E-state index in [2.05, 4.69) is 0 Å². The lowest BCUT2D eigenvalue weighted by atomic mass is 10.0. The standard InChI is InChI=1S/C17H19ClN2O/c1-11-15(8-5-9-16(11)18)17(21)20(3)12(2)13-6-4-7-14(19)10-13/h4-10,12H,19H2,1-3H3. The van der Waals surface area contributed by atoms with Gasteiger partial charge in [-0.05, 0) is 49.2 Å². The molecular weight excluding hydrogens is 284 g/mol. The fraction of sp³-hybridized carbons (Fsp3) is 0.235. The van der Waals surface area contributed by atoms with E-state index in [0.29, 0.717) is 16.3 Å². The van der Waals surface area contributed by atoms with E-state index >= 15 is 0 Å². The van der Waals surface area contributed by atoms with Crippen LogP contribution in [0.1, 0.15) is 34.5 Å². The molecule has 0 fully saturated rings. The lowest BCUT2D eigenvalue weighted by Crippen LogP contribution is -2.30. The number of hydrogen-bond acceptors (Lipinski definition) is 2. The van der Waals surface area contributed by atoms with E-state index in [1.54, 1.807) is 30.1 Å². The molecule has 0 aromatic heterocycles. The first-order valence-electron chi connectivity index (χ1n) is 6.79. The number of rotatable bonds is 3. The van der Waals surface area contributed by atoms with Crippen LogP contribution in [0.2, 0.25) is 5.02 Å². The Kier molecular flexibility index (Phi) is 4.53. The van der Waals surface area contributed by atoms with E-state index in [1.165, 1.54) is 0 Å². The zero-order valence-corrected chi connectivity index (χ0v) is 13.2. The number of hydrogen-bond donors (Lipinski definition) is 1. The first-order chi connectivity index (χ1) is 9.91. The summed E-state index contributed by atoms with van der Waals surface area (Å²) in [4.78, 5) is 14.4. The highest BCUT2D eigenvalue weighted by Gasteiger charge is 2.21. The van der Waals surface area contributed by atoms with Crippen LogP contribution in [0.4, 0.5) is 5.69 Å². The summed E-state index contributed by atoms with van der Waals surface area (Å²) in [5.41, 5.74) is 8.93. The molecule has 2 N–H and O–H groups in total. The molecule has 2 aromatic carbocycles. The monoisotopic (exact) mass is 302 g/mol. The number of benzene rings is 2. The van der Waals surface area contributed by atoms with E-state index < -0.39 is 0 Å². The molecule has 0 radical (unpaired) electrons. The van der Waals surface area contributed by atoms with E-state index in [0.717, 1.165) is 11.1 Å². The number of amides is 1. The topological polar surface area (TPSA) is 46.3 Å². The Morgan fingerprint density at radius 3 is 2.57 bits per heavy atom. The van der Waals surface area contributed by atoms with Crippen LogP contribution in [0.5, 0.6) is 0 Å². The minimum absolute atomic E-state index is 0.0510. The van der Waals surface area contributed by atoms with Crippen molar-refractivity contribution in [2.75, 3.05) is 12.8 Å². The van der Waals surface area contributed by atoms with Crippen LogP contribution in [0.15, 0.2) is 42.5 Å². The fourth-order valence-electron chi connectivity index (χ4n) is 2.25. The predicted octanol–water partition coefficient (Wildman–Crippen LogP) is 4.06. The highest BCUT2D eigenvalue weighted by molar-refractivity contribution is 6.31. The summed E-state index contributed by atoms with van der Waals surface area (Å²) in [6.07, 6.45) is 0. The van der Waals surface area contributed by atoms with Crippen LogP contribution in [-0.4, -0.2) is 17.9 Å². The Morgan fingerprint density at radius 2 is 1.90 bits per heavy atom. The molecule has 2 aromatic rings. The van der Waals surface area contributed by atoms with Gasteiger partial charge in [0.25, 0.3) is 5.91 Å². The number of carbonyl (C=O) groups is 1. The van der Waals surface area contributed by atoms with Crippen molar-refractivity contribution in [3.05, 3.63) is 64.2 Å². The van der Waals surface area contributed by atoms with Gasteiger partial charge in [-0.15, -0.1) is 0 Å². The van der Waals surface area contributed by atoms with Crippen LogP contribution >= 0.6 is 11.6 Å². The summed E-state index contributed by atoms with van der Waals surface area (Å²) >= 11 is 6.09. The van der Waals surface area contributed by atoms with E-state index in [1.807, 2.05) is 38.1 Å². The van der Waals surface area contributed by atoms with E-state index in [9.17, 15) is 4.79 Å². The molecular formula is C17H19ClN2O. The van der Waals surface area contributed by atoms with Gasteiger partial charge in [0, 0.05) is 23.3 Å². The summed E-state index contributed by atoms with van der Waals surface area (Å²) < 4.78 is 0. The zero-order chi connectivity index (χ0) is 15.6. The summed E-state index contributed by atoms with van der Waals surface area (Å²) in [5, 5.41) is 0.603. The maximum Gasteiger partial charge on any atom is 0.254 e. The SMILES string of the molecule is Cc1c(Cl)cccc1C(=O)N(C)C(C)c1cccc(N)c1. The summed E-state index contributed by atoms with van der Waals surface area (Å²) in [7, 11) is 1.79. The Bertz CT molecular complexity index is 670. The lowest BCUT2D eigenvalue weighted by Gasteiger charge is -2.26. The molecule has 0 aliphatic rings. The molecule has 0 saturated carbocycles. The molecule has 21 heavy (non-hydrogen) atoms. The van der Waals surface area contributed by atoms with Gasteiger partial charge in [-0.3, -0.25) is 4.79 Å². The van der Waals surface area contributed by atoms with Crippen LogP contribution in [0, 0.1) is 6.92 Å². The first kappa shape index (κ1) is 15.4. The molecule has 3 nitrogen and oxygen atoms in total. The molecule has 0 saturated heterocycles. The van der Waals surface area contributed by atoms with Crippen molar-refractivity contribution in [1.82, 2.24) is 4.90 Å². The highest BCUT2D eigenvalue weighted by atomic mass is 35.5. The molecule has 2 rings (SSSR count). The Hall–Kier alpha value is -2.00. The molecule has 0 bridgehead atoms. The van der Waals surface area contributed by atoms with E-state index in [4.69, 9.17) is 17.3 Å². The number of halogens is 1. The zero-order valence-electron chi connectivity index (χ0n) is 12.4. The third kappa shape index (κ3) is 3.19. The quantitative estimate of drug-likeness (QED) is 0.869. The fourth-order valence-corrected chi connectivity index (χ4v) is 2.42. The molecule has 4 heteroatoms. The summed E-state index contributed by atoms with van der Waals surface area (Å²) in [5.74, 6) is -0.0510. The van der Waals surface area contributed by atoms with Gasteiger partial charge in [0.15, 0.2) is 0 Å². The second kappa shape index (κ2) is 6.19. The number of nitrogen functional groups attached to an aromatic ring is 1. The third-order valence-corrected chi connectivity index (χ3v) is 4.20. The summed E-state index contributed by atoms with van der Waals surface area (Å²) in [6, 6.07) is 12.9. The van der Waals surface area contributed by atoms with Crippen LogP contribution in [0.25, 0.3) is 0 Å². The number of nitrogens with zero attached hydrogens (tertiary/aromatic N) is 1. The molecule has 1 amide bonds. The summed E-state index contributed by atoms with van der Waals surface area (Å²) in [6.45, 7) is 3.83. The van der Waals surface area contributed by atoms with Crippen LogP contribution < -0.4 is 5.73 Å². The van der Waals surface area contributed by atoms with Crippen molar-refractivity contribution in [1.29, 1.82) is 0 Å². The number of carbonyl (C=O) groups excluding carboxylic acids is 1. The largest absolute Gasteiger partial charge is 0.399 e. The first-order valence-corrected chi connectivity index (χ1v) is 7.17. The normalized spacial score (nSPS) is 12.0. The Labute approximate surface area is 130 Å². The minimum atomic E-state index is -0.0700. The van der Waals surface area contributed by atoms with Crippen molar-refractivity contribution in [3.8, 4) is 0 Å². The van der Waals surface area contributed by atoms with Crippen LogP contribution in [0.3, 0.4) is 0 Å². The third-order valence-electron chi connectivity index (χ3n) is 3.79. The highest BCUT2D eigenvalue weighted by Crippen LogP contribution is 2.25. The van der Waals surface area contributed by atoms with Crippen LogP contribution in [-0.2, 0) is 0 Å². The minimum Gasteiger partial charge on any atom is -0.399 e. The van der Waals surface area contributed by atoms with Gasteiger partial charge in [0.1, 0.15) is 0 Å². The Morgan fingerprint density at radius 1 is 1.24 bits per heavy atom. The molecule has 0 heterocycles. The maximum atomic E-state index is 12.7. The smallest absolute Gasteiger partial charge is 0.254 e. The van der Waals surface area contributed by atoms with Crippen molar-refractivity contribution in [2.24, 2.45) is 0 Å². The second-order valence-electron chi connectivity index (χ2n) is 5.17.